The second-order valence-corrected chi connectivity index (χ2v) is 6.28. The van der Waals surface area contributed by atoms with Crippen molar-refractivity contribution in [1.82, 2.24) is 5.32 Å². The number of fused-ring (bicyclic) bond motifs is 1. The highest BCUT2D eigenvalue weighted by molar-refractivity contribution is 7.98. The number of thioether (sulfide) groups is 1. The van der Waals surface area contributed by atoms with Crippen LogP contribution in [0.2, 0.25) is 0 Å². The van der Waals surface area contributed by atoms with Crippen molar-refractivity contribution >= 4 is 17.7 Å². The maximum atomic E-state index is 12.6. The molecule has 1 atom stereocenters. The molecule has 2 aromatic rings. The molecule has 1 N–H and O–H groups in total. The Morgan fingerprint density at radius 1 is 1.38 bits per heavy atom. The van der Waals surface area contributed by atoms with Gasteiger partial charge in [-0.2, -0.15) is 0 Å². The van der Waals surface area contributed by atoms with Crippen molar-refractivity contribution in [3.05, 3.63) is 53.0 Å². The third-order valence-corrected chi connectivity index (χ3v) is 4.77. The highest BCUT2D eigenvalue weighted by Gasteiger charge is 2.24. The van der Waals surface area contributed by atoms with Crippen molar-refractivity contribution in [3.63, 3.8) is 0 Å². The quantitative estimate of drug-likeness (QED) is 0.867. The fraction of sp³-hybridized carbons (Fsp3) is 0.353. The number of aryl methyl sites for hydroxylation is 2. The predicted octanol–water partition coefficient (Wildman–Crippen LogP) is 4.12. The molecule has 0 aliphatic heterocycles. The Morgan fingerprint density at radius 2 is 2.24 bits per heavy atom. The Bertz CT molecular complexity index is 663. The molecule has 4 heteroatoms. The molecule has 1 amide bonds. The minimum atomic E-state index is 0.00227. The van der Waals surface area contributed by atoms with E-state index in [4.69, 9.17) is 4.42 Å². The van der Waals surface area contributed by atoms with Gasteiger partial charge in [-0.3, -0.25) is 4.79 Å². The van der Waals surface area contributed by atoms with E-state index >= 15 is 0 Å². The Labute approximate surface area is 129 Å². The summed E-state index contributed by atoms with van der Waals surface area (Å²) in [6.07, 6.45) is 6.73. The average Bonchev–Trinajstić information content (AvgIpc) is 2.97. The number of nitrogens with one attached hydrogen (secondary N) is 1. The lowest BCUT2D eigenvalue weighted by atomic mass is 9.93. The number of carbonyl (C=O) groups excluding carboxylic acids is 1. The molecule has 3 nitrogen and oxygen atoms in total. The maximum Gasteiger partial charge on any atom is 0.252 e. The van der Waals surface area contributed by atoms with Gasteiger partial charge in [0.15, 0.2) is 0 Å². The van der Waals surface area contributed by atoms with Crippen LogP contribution in [0.15, 0.2) is 39.8 Å². The van der Waals surface area contributed by atoms with Crippen LogP contribution < -0.4 is 5.32 Å². The summed E-state index contributed by atoms with van der Waals surface area (Å²) in [6.45, 7) is 1.98. The molecule has 3 rings (SSSR count). The highest BCUT2D eigenvalue weighted by Crippen LogP contribution is 2.31. The molecule has 0 spiro atoms. The van der Waals surface area contributed by atoms with Gasteiger partial charge in [-0.1, -0.05) is 6.07 Å². The summed E-state index contributed by atoms with van der Waals surface area (Å²) < 4.78 is 5.48. The third kappa shape index (κ3) is 2.86. The lowest BCUT2D eigenvalue weighted by Gasteiger charge is -2.23. The van der Waals surface area contributed by atoms with Gasteiger partial charge >= 0.3 is 0 Å². The van der Waals surface area contributed by atoms with Gasteiger partial charge in [-0.05, 0) is 49.8 Å². The monoisotopic (exact) mass is 301 g/mol. The van der Waals surface area contributed by atoms with Gasteiger partial charge in [0.25, 0.3) is 5.91 Å². The lowest BCUT2D eigenvalue weighted by Crippen LogP contribution is -2.31. The number of amides is 1. The van der Waals surface area contributed by atoms with Gasteiger partial charge in [-0.15, -0.1) is 11.8 Å². The Morgan fingerprint density at radius 3 is 3.05 bits per heavy atom. The molecule has 1 aliphatic rings. The molecule has 1 aromatic heterocycles. The Hall–Kier alpha value is -1.68. The van der Waals surface area contributed by atoms with E-state index in [1.807, 2.05) is 37.4 Å². The van der Waals surface area contributed by atoms with E-state index < -0.39 is 0 Å². The first-order valence-corrected chi connectivity index (χ1v) is 8.43. The van der Waals surface area contributed by atoms with Crippen LogP contribution in [0.5, 0.6) is 0 Å². The summed E-state index contributed by atoms with van der Waals surface area (Å²) in [5.41, 5.74) is 2.90. The second kappa shape index (κ2) is 5.98. The highest BCUT2D eigenvalue weighted by atomic mass is 32.2. The van der Waals surface area contributed by atoms with Crippen molar-refractivity contribution in [2.75, 3.05) is 6.26 Å². The van der Waals surface area contributed by atoms with Crippen molar-refractivity contribution in [3.8, 4) is 0 Å². The molecule has 1 unspecified atom stereocenters. The van der Waals surface area contributed by atoms with Crippen LogP contribution in [-0.4, -0.2) is 12.2 Å². The number of hydrogen-bond acceptors (Lipinski definition) is 3. The first kappa shape index (κ1) is 14.3. The standard InChI is InChI=1S/C17H19NO2S/c1-11-6-7-12(21-2)10-14(11)17(19)18-15-4-3-5-16-13(15)8-9-20-16/h6-10,15H,3-5H2,1-2H3,(H,18,19). The van der Waals surface area contributed by atoms with Crippen LogP contribution in [0.25, 0.3) is 0 Å². The van der Waals surface area contributed by atoms with E-state index in [1.165, 1.54) is 0 Å². The SMILES string of the molecule is CSc1ccc(C)c(C(=O)NC2CCCc3occc32)c1. The van der Waals surface area contributed by atoms with E-state index in [-0.39, 0.29) is 11.9 Å². The van der Waals surface area contributed by atoms with E-state index in [9.17, 15) is 4.79 Å². The molecular weight excluding hydrogens is 282 g/mol. The average molecular weight is 301 g/mol. The fourth-order valence-electron chi connectivity index (χ4n) is 2.85. The minimum Gasteiger partial charge on any atom is -0.469 e. The zero-order valence-corrected chi connectivity index (χ0v) is 13.1. The topological polar surface area (TPSA) is 42.2 Å². The summed E-state index contributed by atoms with van der Waals surface area (Å²) in [7, 11) is 0. The van der Waals surface area contributed by atoms with Crippen molar-refractivity contribution in [2.45, 2.75) is 37.1 Å². The van der Waals surface area contributed by atoms with Gasteiger partial charge in [-0.25, -0.2) is 0 Å². The largest absolute Gasteiger partial charge is 0.469 e. The molecule has 110 valence electrons. The van der Waals surface area contributed by atoms with Crippen LogP contribution in [0.1, 0.15) is 46.1 Å². The predicted molar refractivity (Wildman–Crippen MR) is 84.8 cm³/mol. The number of benzene rings is 1. The fourth-order valence-corrected chi connectivity index (χ4v) is 3.28. The van der Waals surface area contributed by atoms with Gasteiger partial charge in [0.1, 0.15) is 5.76 Å². The number of carbonyl (C=O) groups is 1. The first-order chi connectivity index (χ1) is 10.2. The maximum absolute atomic E-state index is 12.6. The van der Waals surface area contributed by atoms with Gasteiger partial charge in [0, 0.05) is 22.4 Å². The Kier molecular flexibility index (Phi) is 4.06. The molecule has 1 aromatic carbocycles. The summed E-state index contributed by atoms with van der Waals surface area (Å²) in [6, 6.07) is 8.06. The smallest absolute Gasteiger partial charge is 0.252 e. The van der Waals surface area contributed by atoms with Crippen LogP contribution in [0.3, 0.4) is 0 Å². The molecule has 1 heterocycles. The molecule has 0 bridgehead atoms. The molecule has 1 aliphatic carbocycles. The summed E-state index contributed by atoms with van der Waals surface area (Å²) in [5.74, 6) is 1.02. The molecule has 0 saturated heterocycles. The van der Waals surface area contributed by atoms with Gasteiger partial charge < -0.3 is 9.73 Å². The summed E-state index contributed by atoms with van der Waals surface area (Å²) >= 11 is 1.65. The van der Waals surface area contributed by atoms with Crippen LogP contribution in [-0.2, 0) is 6.42 Å². The van der Waals surface area contributed by atoms with E-state index in [0.29, 0.717) is 0 Å². The zero-order chi connectivity index (χ0) is 14.8. The van der Waals surface area contributed by atoms with Gasteiger partial charge in [0.2, 0.25) is 0 Å². The lowest BCUT2D eigenvalue weighted by molar-refractivity contribution is 0.0931. The summed E-state index contributed by atoms with van der Waals surface area (Å²) in [5, 5.41) is 3.16. The molecular formula is C17H19NO2S. The minimum absolute atomic E-state index is 0.00227. The van der Waals surface area contributed by atoms with Crippen molar-refractivity contribution < 1.29 is 9.21 Å². The first-order valence-electron chi connectivity index (χ1n) is 7.21. The van der Waals surface area contributed by atoms with Crippen LogP contribution in [0, 0.1) is 6.92 Å². The van der Waals surface area contributed by atoms with E-state index in [2.05, 4.69) is 5.32 Å². The molecule has 21 heavy (non-hydrogen) atoms. The number of furan rings is 1. The molecule has 0 fully saturated rings. The summed E-state index contributed by atoms with van der Waals surface area (Å²) in [4.78, 5) is 13.7. The number of rotatable bonds is 3. The zero-order valence-electron chi connectivity index (χ0n) is 12.3. The Balaban J connectivity index is 1.82. The van der Waals surface area contributed by atoms with Crippen LogP contribution in [0.4, 0.5) is 0 Å². The molecule has 0 saturated carbocycles. The van der Waals surface area contributed by atoms with Crippen LogP contribution >= 0.6 is 11.8 Å². The number of hydrogen-bond donors (Lipinski definition) is 1. The van der Waals surface area contributed by atoms with Crippen molar-refractivity contribution in [1.29, 1.82) is 0 Å². The normalized spacial score (nSPS) is 17.3. The van der Waals surface area contributed by atoms with Crippen molar-refractivity contribution in [2.24, 2.45) is 0 Å². The van der Waals surface area contributed by atoms with E-state index in [0.717, 1.165) is 46.6 Å². The molecule has 0 radical (unpaired) electrons. The van der Waals surface area contributed by atoms with Gasteiger partial charge in [0.05, 0.1) is 12.3 Å². The third-order valence-electron chi connectivity index (χ3n) is 4.05. The second-order valence-electron chi connectivity index (χ2n) is 5.40. The van der Waals surface area contributed by atoms with E-state index in [1.54, 1.807) is 18.0 Å².